The Morgan fingerprint density at radius 2 is 1.14 bits per heavy atom. The average molecular weight is 553 g/mol. The van der Waals surface area contributed by atoms with E-state index in [1.165, 1.54) is 24.3 Å². The molecule has 36 heavy (non-hydrogen) atoms. The summed E-state index contributed by atoms with van der Waals surface area (Å²) in [4.78, 5) is 51.1. The molecule has 0 bridgehead atoms. The summed E-state index contributed by atoms with van der Waals surface area (Å²) in [7, 11) is 0. The molecule has 0 N–H and O–H groups in total. The van der Waals surface area contributed by atoms with E-state index in [-0.39, 0.29) is 17.7 Å². The van der Waals surface area contributed by atoms with Crippen LogP contribution in [0.2, 0.25) is 0 Å². The third-order valence-corrected chi connectivity index (χ3v) is 6.01. The molecule has 3 aromatic rings. The summed E-state index contributed by atoms with van der Waals surface area (Å²) < 4.78 is 22.2. The van der Waals surface area contributed by atoms with Gasteiger partial charge in [-0.15, -0.1) is 0 Å². The van der Waals surface area contributed by atoms with Crippen molar-refractivity contribution in [2.75, 3.05) is 6.61 Å². The van der Waals surface area contributed by atoms with Gasteiger partial charge in [0.25, 0.3) is 0 Å². The molecule has 4 atom stereocenters. The van der Waals surface area contributed by atoms with Gasteiger partial charge in [-0.05, 0) is 52.3 Å². The first-order valence-electron chi connectivity index (χ1n) is 11.0. The third kappa shape index (κ3) is 6.05. The van der Waals surface area contributed by atoms with Gasteiger partial charge in [-0.3, -0.25) is 4.79 Å². The average Bonchev–Trinajstić information content (AvgIpc) is 2.92. The van der Waals surface area contributed by atoms with E-state index in [4.69, 9.17) is 18.9 Å². The first-order chi connectivity index (χ1) is 17.4. The number of alkyl halides is 1. The van der Waals surface area contributed by atoms with Gasteiger partial charge in [-0.1, -0.05) is 54.6 Å². The summed E-state index contributed by atoms with van der Waals surface area (Å²) in [6, 6.07) is 24.5. The zero-order chi connectivity index (χ0) is 25.5. The van der Waals surface area contributed by atoms with Crippen LogP contribution in [0.1, 0.15) is 31.1 Å². The van der Waals surface area contributed by atoms with E-state index >= 15 is 0 Å². The number of carbonyl (C=O) groups is 4. The fourth-order valence-corrected chi connectivity index (χ4v) is 4.06. The van der Waals surface area contributed by atoms with Gasteiger partial charge in [0, 0.05) is 0 Å². The molecule has 0 amide bonds. The van der Waals surface area contributed by atoms with Crippen molar-refractivity contribution in [1.29, 1.82) is 0 Å². The molecular weight excluding hydrogens is 532 g/mol. The number of benzene rings is 3. The number of ketones is 1. The number of carbonyl (C=O) groups excluding carboxylic acids is 4. The van der Waals surface area contributed by atoms with Crippen molar-refractivity contribution >= 4 is 39.6 Å². The number of rotatable bonds is 7. The molecular formula is C27H21BrO8. The minimum atomic E-state index is -1.51. The highest BCUT2D eigenvalue weighted by Crippen LogP contribution is 2.28. The lowest BCUT2D eigenvalue weighted by molar-refractivity contribution is -0.176. The summed E-state index contributed by atoms with van der Waals surface area (Å²) in [5.41, 5.74) is 0.742. The zero-order valence-electron chi connectivity index (χ0n) is 18.8. The fraction of sp³-hybridized carbons (Fsp3) is 0.185. The van der Waals surface area contributed by atoms with Crippen LogP contribution in [0.4, 0.5) is 0 Å². The number of halogens is 1. The van der Waals surface area contributed by atoms with E-state index in [0.29, 0.717) is 5.56 Å². The van der Waals surface area contributed by atoms with Crippen molar-refractivity contribution in [3.8, 4) is 0 Å². The Hall–Kier alpha value is -3.82. The highest BCUT2D eigenvalue weighted by atomic mass is 79.9. The van der Waals surface area contributed by atoms with Gasteiger partial charge >= 0.3 is 17.9 Å². The maximum atomic E-state index is 13.0. The summed E-state index contributed by atoms with van der Waals surface area (Å²) in [5.74, 6) is -2.83. The van der Waals surface area contributed by atoms with Crippen LogP contribution in [-0.4, -0.2) is 53.6 Å². The molecule has 184 valence electrons. The highest BCUT2D eigenvalue weighted by molar-refractivity contribution is 9.09. The fourth-order valence-electron chi connectivity index (χ4n) is 3.52. The SMILES string of the molecule is O=C(OC[C@@H]1O[C@H](Br)C(=O)[C@H](OC(=O)c2ccccc2)[C@H]1OC(=O)c1ccccc1)c1ccccc1. The van der Waals surface area contributed by atoms with Crippen LogP contribution in [-0.2, 0) is 23.7 Å². The number of hydrogen-bond acceptors (Lipinski definition) is 8. The highest BCUT2D eigenvalue weighted by Gasteiger charge is 2.49. The number of ether oxygens (including phenoxy) is 4. The Bertz CT molecular complexity index is 1220. The van der Waals surface area contributed by atoms with Crippen LogP contribution >= 0.6 is 15.9 Å². The molecule has 4 rings (SSSR count). The van der Waals surface area contributed by atoms with E-state index in [1.807, 2.05) is 0 Å². The molecule has 1 aliphatic heterocycles. The molecule has 0 unspecified atom stereocenters. The van der Waals surface area contributed by atoms with Gasteiger partial charge in [0.2, 0.25) is 11.9 Å². The molecule has 0 saturated carbocycles. The monoisotopic (exact) mass is 552 g/mol. The molecule has 0 radical (unpaired) electrons. The van der Waals surface area contributed by atoms with E-state index in [2.05, 4.69) is 15.9 Å². The molecule has 9 heteroatoms. The van der Waals surface area contributed by atoms with E-state index in [0.717, 1.165) is 0 Å². The topological polar surface area (TPSA) is 105 Å². The standard InChI is InChI=1S/C27H21BrO8/c28-24-21(29)23(36-27(32)19-14-8-3-9-15-19)22(35-26(31)18-12-6-2-7-13-18)20(34-24)16-33-25(30)17-10-4-1-5-11-17/h1-15,20,22-24H,16H2/t20-,22-,23-,24-/m0/s1. The molecule has 1 fully saturated rings. The predicted octanol–water partition coefficient (Wildman–Crippen LogP) is 3.98. The molecule has 3 aromatic carbocycles. The summed E-state index contributed by atoms with van der Waals surface area (Å²) in [6.45, 7) is -0.366. The second kappa shape index (κ2) is 11.7. The number of Topliss-reactive ketones (excluding diaryl/α,β-unsaturated/α-hetero) is 1. The molecule has 0 aromatic heterocycles. The van der Waals surface area contributed by atoms with Crippen LogP contribution < -0.4 is 0 Å². The minimum absolute atomic E-state index is 0.211. The van der Waals surface area contributed by atoms with Crippen LogP contribution in [0.15, 0.2) is 91.0 Å². The van der Waals surface area contributed by atoms with Crippen molar-refractivity contribution in [3.63, 3.8) is 0 Å². The molecule has 8 nitrogen and oxygen atoms in total. The van der Waals surface area contributed by atoms with Crippen LogP contribution in [0.3, 0.4) is 0 Å². The third-order valence-electron chi connectivity index (χ3n) is 5.35. The summed E-state index contributed by atoms with van der Waals surface area (Å²) in [6.07, 6.45) is -4.00. The van der Waals surface area contributed by atoms with Crippen molar-refractivity contribution in [2.24, 2.45) is 0 Å². The Balaban J connectivity index is 1.58. The van der Waals surface area contributed by atoms with Gasteiger partial charge in [0.1, 0.15) is 12.7 Å². The predicted molar refractivity (Wildman–Crippen MR) is 131 cm³/mol. The lowest BCUT2D eigenvalue weighted by atomic mass is 10.0. The quantitative estimate of drug-likeness (QED) is 0.246. The van der Waals surface area contributed by atoms with Gasteiger partial charge in [0.15, 0.2) is 11.1 Å². The molecule has 1 aliphatic rings. The molecule has 1 heterocycles. The largest absolute Gasteiger partial charge is 0.459 e. The maximum absolute atomic E-state index is 13.0. The Morgan fingerprint density at radius 3 is 1.64 bits per heavy atom. The zero-order valence-corrected chi connectivity index (χ0v) is 20.4. The van der Waals surface area contributed by atoms with Crippen molar-refractivity contribution in [1.82, 2.24) is 0 Å². The first kappa shape index (κ1) is 25.3. The van der Waals surface area contributed by atoms with Crippen molar-refractivity contribution in [3.05, 3.63) is 108 Å². The van der Waals surface area contributed by atoms with E-state index in [1.54, 1.807) is 66.7 Å². The molecule has 0 spiro atoms. The first-order valence-corrected chi connectivity index (χ1v) is 11.9. The van der Waals surface area contributed by atoms with Gasteiger partial charge in [0.05, 0.1) is 16.7 Å². The maximum Gasteiger partial charge on any atom is 0.338 e. The van der Waals surface area contributed by atoms with Crippen LogP contribution in [0.5, 0.6) is 0 Å². The molecule has 0 aliphatic carbocycles. The Kier molecular flexibility index (Phi) is 8.24. The van der Waals surface area contributed by atoms with Gasteiger partial charge in [-0.2, -0.15) is 0 Å². The van der Waals surface area contributed by atoms with Crippen molar-refractivity contribution in [2.45, 2.75) is 23.3 Å². The van der Waals surface area contributed by atoms with Gasteiger partial charge < -0.3 is 18.9 Å². The lowest BCUT2D eigenvalue weighted by Crippen LogP contribution is -2.58. The van der Waals surface area contributed by atoms with Gasteiger partial charge in [-0.25, -0.2) is 14.4 Å². The second-order valence-electron chi connectivity index (χ2n) is 7.79. The normalized spacial score (nSPS) is 21.3. The Morgan fingerprint density at radius 1 is 0.694 bits per heavy atom. The van der Waals surface area contributed by atoms with Crippen LogP contribution in [0.25, 0.3) is 0 Å². The Labute approximate surface area is 215 Å². The van der Waals surface area contributed by atoms with Crippen LogP contribution in [0, 0.1) is 0 Å². The number of hydrogen-bond donors (Lipinski definition) is 0. The van der Waals surface area contributed by atoms with E-state index in [9.17, 15) is 19.2 Å². The molecule has 1 saturated heterocycles. The number of esters is 3. The minimum Gasteiger partial charge on any atom is -0.459 e. The second-order valence-corrected chi connectivity index (χ2v) is 8.62. The van der Waals surface area contributed by atoms with E-state index < -0.39 is 47.0 Å². The van der Waals surface area contributed by atoms with Crippen molar-refractivity contribution < 1.29 is 38.1 Å². The lowest BCUT2D eigenvalue weighted by Gasteiger charge is -2.37. The summed E-state index contributed by atoms with van der Waals surface area (Å²) in [5, 5.41) is -1.18. The summed E-state index contributed by atoms with van der Waals surface area (Å²) >= 11 is 3.13. The smallest absolute Gasteiger partial charge is 0.338 e.